The van der Waals surface area contributed by atoms with Crippen molar-refractivity contribution in [1.82, 2.24) is 5.16 Å². The molecule has 0 atom stereocenters. The molecular weight excluding hydrogens is 350 g/mol. The van der Waals surface area contributed by atoms with E-state index in [4.69, 9.17) is 23.5 Å². The van der Waals surface area contributed by atoms with Crippen LogP contribution in [0.25, 0.3) is 11.3 Å². The standard InChI is InChI=1S/C20H19NO6/c1-23-16-7-5-6-14(10-16)19-11-15(21-27-19)12-26-20(22)13-25-18-9-4-3-8-17(18)24-2/h3-11H,12-13H2,1-2H3. The molecule has 7 heteroatoms. The number of esters is 1. The topological polar surface area (TPSA) is 80.0 Å². The summed E-state index contributed by atoms with van der Waals surface area (Å²) in [6.45, 7) is -0.247. The molecular formula is C20H19NO6. The highest BCUT2D eigenvalue weighted by Crippen LogP contribution is 2.26. The predicted molar refractivity (Wildman–Crippen MR) is 96.8 cm³/mol. The van der Waals surface area contributed by atoms with Gasteiger partial charge in [-0.3, -0.25) is 0 Å². The molecule has 2 aromatic carbocycles. The summed E-state index contributed by atoms with van der Waals surface area (Å²) in [6.07, 6.45) is 0. The van der Waals surface area contributed by atoms with Crippen LogP contribution in [0.3, 0.4) is 0 Å². The number of carbonyl (C=O) groups is 1. The molecule has 1 aromatic heterocycles. The van der Waals surface area contributed by atoms with Crippen LogP contribution in [0.1, 0.15) is 5.69 Å². The van der Waals surface area contributed by atoms with Gasteiger partial charge in [-0.15, -0.1) is 0 Å². The van der Waals surface area contributed by atoms with Gasteiger partial charge in [0, 0.05) is 11.6 Å². The zero-order valence-corrected chi connectivity index (χ0v) is 15.0. The minimum atomic E-state index is -0.521. The Hall–Kier alpha value is -3.48. The van der Waals surface area contributed by atoms with Crippen molar-refractivity contribution in [3.05, 3.63) is 60.3 Å². The van der Waals surface area contributed by atoms with E-state index in [1.807, 2.05) is 30.3 Å². The van der Waals surface area contributed by atoms with Gasteiger partial charge in [0.15, 0.2) is 23.9 Å². The zero-order chi connectivity index (χ0) is 19.1. The fourth-order valence-corrected chi connectivity index (χ4v) is 2.36. The summed E-state index contributed by atoms with van der Waals surface area (Å²) in [4.78, 5) is 11.9. The van der Waals surface area contributed by atoms with Gasteiger partial charge in [0.2, 0.25) is 0 Å². The first-order valence-corrected chi connectivity index (χ1v) is 8.21. The maximum atomic E-state index is 11.9. The minimum Gasteiger partial charge on any atom is -0.497 e. The average Bonchev–Trinajstić information content (AvgIpc) is 3.20. The van der Waals surface area contributed by atoms with E-state index in [9.17, 15) is 4.79 Å². The van der Waals surface area contributed by atoms with Gasteiger partial charge in [0.05, 0.1) is 14.2 Å². The quantitative estimate of drug-likeness (QED) is 0.562. The smallest absolute Gasteiger partial charge is 0.344 e. The maximum Gasteiger partial charge on any atom is 0.344 e. The molecule has 0 amide bonds. The summed E-state index contributed by atoms with van der Waals surface area (Å²) in [7, 11) is 3.13. The molecule has 140 valence electrons. The Morgan fingerprint density at radius 2 is 1.81 bits per heavy atom. The lowest BCUT2D eigenvalue weighted by Crippen LogP contribution is -2.15. The van der Waals surface area contributed by atoms with Gasteiger partial charge < -0.3 is 23.5 Å². The van der Waals surface area contributed by atoms with Crippen LogP contribution < -0.4 is 14.2 Å². The fourth-order valence-electron chi connectivity index (χ4n) is 2.36. The Balaban J connectivity index is 1.53. The van der Waals surface area contributed by atoms with E-state index < -0.39 is 5.97 Å². The Kier molecular flexibility index (Phi) is 5.94. The first kappa shape index (κ1) is 18.3. The van der Waals surface area contributed by atoms with Crippen LogP contribution in [0, 0.1) is 0 Å². The highest BCUT2D eigenvalue weighted by atomic mass is 16.6. The number of hydrogen-bond acceptors (Lipinski definition) is 7. The van der Waals surface area contributed by atoms with E-state index in [-0.39, 0.29) is 13.2 Å². The Morgan fingerprint density at radius 1 is 1.00 bits per heavy atom. The van der Waals surface area contributed by atoms with Crippen molar-refractivity contribution in [2.45, 2.75) is 6.61 Å². The molecule has 0 aliphatic heterocycles. The van der Waals surface area contributed by atoms with Crippen LogP contribution >= 0.6 is 0 Å². The van der Waals surface area contributed by atoms with Crippen molar-refractivity contribution in [3.63, 3.8) is 0 Å². The van der Waals surface area contributed by atoms with Gasteiger partial charge in [0.25, 0.3) is 0 Å². The average molecular weight is 369 g/mol. The van der Waals surface area contributed by atoms with Crippen molar-refractivity contribution in [1.29, 1.82) is 0 Å². The Morgan fingerprint density at radius 3 is 2.59 bits per heavy atom. The minimum absolute atomic E-state index is 0.0123. The summed E-state index contributed by atoms with van der Waals surface area (Å²) in [5, 5.41) is 3.91. The molecule has 7 nitrogen and oxygen atoms in total. The highest BCUT2D eigenvalue weighted by molar-refractivity contribution is 5.71. The van der Waals surface area contributed by atoms with Gasteiger partial charge in [-0.2, -0.15) is 0 Å². The molecule has 0 spiro atoms. The van der Waals surface area contributed by atoms with Crippen LogP contribution in [-0.4, -0.2) is 32.0 Å². The summed E-state index contributed by atoms with van der Waals surface area (Å²) >= 11 is 0. The summed E-state index contributed by atoms with van der Waals surface area (Å²) in [5.74, 6) is 1.77. The molecule has 3 rings (SSSR count). The Bertz CT molecular complexity index is 905. The summed E-state index contributed by atoms with van der Waals surface area (Å²) in [6, 6.07) is 16.2. The third-order valence-corrected chi connectivity index (χ3v) is 3.71. The van der Waals surface area contributed by atoms with E-state index in [2.05, 4.69) is 5.16 Å². The van der Waals surface area contributed by atoms with Crippen molar-refractivity contribution in [2.75, 3.05) is 20.8 Å². The van der Waals surface area contributed by atoms with E-state index in [1.165, 1.54) is 7.11 Å². The number of ether oxygens (including phenoxy) is 4. The number of methoxy groups -OCH3 is 2. The fraction of sp³-hybridized carbons (Fsp3) is 0.200. The first-order valence-electron chi connectivity index (χ1n) is 8.21. The predicted octanol–water partition coefficient (Wildman–Crippen LogP) is 3.48. The van der Waals surface area contributed by atoms with Crippen molar-refractivity contribution >= 4 is 5.97 Å². The lowest BCUT2D eigenvalue weighted by molar-refractivity contribution is -0.147. The normalized spacial score (nSPS) is 10.3. The van der Waals surface area contributed by atoms with E-state index in [0.717, 1.165) is 5.56 Å². The third-order valence-electron chi connectivity index (χ3n) is 3.71. The maximum absolute atomic E-state index is 11.9. The van der Waals surface area contributed by atoms with Crippen LogP contribution in [0.15, 0.2) is 59.1 Å². The molecule has 0 saturated carbocycles. The molecule has 0 saturated heterocycles. The van der Waals surface area contributed by atoms with Crippen LogP contribution in [-0.2, 0) is 16.1 Å². The van der Waals surface area contributed by atoms with Crippen molar-refractivity contribution in [2.24, 2.45) is 0 Å². The van der Waals surface area contributed by atoms with Gasteiger partial charge in [-0.1, -0.05) is 29.4 Å². The third kappa shape index (κ3) is 4.78. The van der Waals surface area contributed by atoms with Gasteiger partial charge in [0.1, 0.15) is 18.1 Å². The molecule has 3 aromatic rings. The zero-order valence-electron chi connectivity index (χ0n) is 15.0. The molecule has 27 heavy (non-hydrogen) atoms. The number of carbonyl (C=O) groups excluding carboxylic acids is 1. The molecule has 0 aliphatic rings. The highest BCUT2D eigenvalue weighted by Gasteiger charge is 2.12. The van der Waals surface area contributed by atoms with Gasteiger partial charge >= 0.3 is 5.97 Å². The number of para-hydroxylation sites is 2. The van der Waals surface area contributed by atoms with Gasteiger partial charge in [-0.25, -0.2) is 4.79 Å². The van der Waals surface area contributed by atoms with Gasteiger partial charge in [-0.05, 0) is 24.3 Å². The Labute approximate surface area is 156 Å². The van der Waals surface area contributed by atoms with E-state index in [0.29, 0.717) is 28.7 Å². The first-order chi connectivity index (χ1) is 13.2. The molecule has 0 bridgehead atoms. The molecule has 0 radical (unpaired) electrons. The lowest BCUT2D eigenvalue weighted by atomic mass is 10.1. The molecule has 0 aliphatic carbocycles. The number of hydrogen-bond donors (Lipinski definition) is 0. The second kappa shape index (κ2) is 8.75. The monoisotopic (exact) mass is 369 g/mol. The molecule has 0 fully saturated rings. The van der Waals surface area contributed by atoms with E-state index in [1.54, 1.807) is 31.4 Å². The summed E-state index contributed by atoms with van der Waals surface area (Å²) in [5.41, 5.74) is 1.32. The largest absolute Gasteiger partial charge is 0.497 e. The number of aromatic nitrogens is 1. The number of nitrogens with zero attached hydrogens (tertiary/aromatic N) is 1. The second-order valence-corrected chi connectivity index (χ2v) is 5.51. The lowest BCUT2D eigenvalue weighted by Gasteiger charge is -2.09. The van der Waals surface area contributed by atoms with Crippen LogP contribution in [0.5, 0.6) is 17.2 Å². The van der Waals surface area contributed by atoms with Crippen molar-refractivity contribution < 1.29 is 28.3 Å². The van der Waals surface area contributed by atoms with Crippen molar-refractivity contribution in [3.8, 4) is 28.6 Å². The van der Waals surface area contributed by atoms with Crippen LogP contribution in [0.2, 0.25) is 0 Å². The number of rotatable bonds is 8. The SMILES string of the molecule is COc1cccc(-c2cc(COC(=O)COc3ccccc3OC)no2)c1. The van der Waals surface area contributed by atoms with Crippen LogP contribution in [0.4, 0.5) is 0 Å². The molecule has 0 unspecified atom stereocenters. The molecule has 0 N–H and O–H groups in total. The van der Waals surface area contributed by atoms with E-state index >= 15 is 0 Å². The molecule has 1 heterocycles. The summed E-state index contributed by atoms with van der Waals surface area (Å²) < 4.78 is 26.2. The second-order valence-electron chi connectivity index (χ2n) is 5.51. The number of benzene rings is 2.